The summed E-state index contributed by atoms with van der Waals surface area (Å²) in [7, 11) is 0. The summed E-state index contributed by atoms with van der Waals surface area (Å²) in [4.78, 5) is 10.00. The van der Waals surface area contributed by atoms with Gasteiger partial charge >= 0.3 is 5.69 Å². The number of hydrogen-bond acceptors (Lipinski definition) is 4. The average molecular weight is 184 g/mol. The fourth-order valence-corrected chi connectivity index (χ4v) is 1.02. The molecule has 13 heavy (non-hydrogen) atoms. The molecule has 0 aliphatic rings. The van der Waals surface area contributed by atoms with E-state index < -0.39 is 4.92 Å². The van der Waals surface area contributed by atoms with E-state index in [0.29, 0.717) is 18.5 Å². The van der Waals surface area contributed by atoms with Crippen molar-refractivity contribution in [3.8, 4) is 0 Å². The third-order valence-corrected chi connectivity index (χ3v) is 1.74. The minimum absolute atomic E-state index is 0.0423. The van der Waals surface area contributed by atoms with Crippen LogP contribution in [-0.4, -0.2) is 21.2 Å². The first-order valence-electron chi connectivity index (χ1n) is 4.03. The summed E-state index contributed by atoms with van der Waals surface area (Å²) in [5.74, 6) is 0. The molecule has 0 aliphatic carbocycles. The van der Waals surface area contributed by atoms with Crippen LogP contribution in [0.4, 0.5) is 5.69 Å². The van der Waals surface area contributed by atoms with Crippen LogP contribution in [0.25, 0.3) is 0 Å². The largest absolute Gasteiger partial charge is 0.328 e. The Kier molecular flexibility index (Phi) is 2.97. The molecule has 0 aromatic carbocycles. The van der Waals surface area contributed by atoms with Crippen LogP contribution in [0.3, 0.4) is 0 Å². The Balaban J connectivity index is 2.65. The highest BCUT2D eigenvalue weighted by Gasteiger charge is 2.15. The Labute approximate surface area is 75.3 Å². The molecular weight excluding hydrogens is 172 g/mol. The van der Waals surface area contributed by atoms with Crippen molar-refractivity contribution in [1.82, 2.24) is 10.2 Å². The van der Waals surface area contributed by atoms with Crippen molar-refractivity contribution >= 4 is 5.69 Å². The Bertz CT molecular complexity index is 294. The maximum Gasteiger partial charge on any atom is 0.309 e. The van der Waals surface area contributed by atoms with E-state index in [1.165, 1.54) is 6.20 Å². The maximum absolute atomic E-state index is 10.4. The van der Waals surface area contributed by atoms with Crippen molar-refractivity contribution in [3.63, 3.8) is 0 Å². The zero-order valence-corrected chi connectivity index (χ0v) is 7.36. The molecule has 0 bridgehead atoms. The minimum Gasteiger partial charge on any atom is -0.328 e. The summed E-state index contributed by atoms with van der Waals surface area (Å²) in [5, 5.41) is 16.7. The van der Waals surface area contributed by atoms with Gasteiger partial charge in [-0.2, -0.15) is 5.10 Å². The lowest BCUT2D eigenvalue weighted by molar-refractivity contribution is -0.385. The Hall–Kier alpha value is -1.43. The number of nitrogens with two attached hydrogens (primary N) is 1. The van der Waals surface area contributed by atoms with Crippen molar-refractivity contribution < 1.29 is 4.92 Å². The monoisotopic (exact) mass is 184 g/mol. The van der Waals surface area contributed by atoms with Crippen LogP contribution in [-0.2, 0) is 6.42 Å². The zero-order chi connectivity index (χ0) is 9.84. The number of aryl methyl sites for hydroxylation is 1. The molecule has 1 aromatic rings. The molecule has 6 heteroatoms. The van der Waals surface area contributed by atoms with Gasteiger partial charge in [0.25, 0.3) is 0 Å². The second-order valence-corrected chi connectivity index (χ2v) is 3.01. The van der Waals surface area contributed by atoms with Gasteiger partial charge in [0, 0.05) is 6.04 Å². The fourth-order valence-electron chi connectivity index (χ4n) is 1.02. The van der Waals surface area contributed by atoms with Crippen LogP contribution in [0.1, 0.15) is 19.0 Å². The van der Waals surface area contributed by atoms with Gasteiger partial charge in [0.1, 0.15) is 11.9 Å². The zero-order valence-electron chi connectivity index (χ0n) is 7.36. The number of hydrogen-bond donors (Lipinski definition) is 2. The average Bonchev–Trinajstić information content (AvgIpc) is 2.47. The topological polar surface area (TPSA) is 97.8 Å². The number of nitrogens with one attached hydrogen (secondary N) is 1. The van der Waals surface area contributed by atoms with Crippen LogP contribution in [0.5, 0.6) is 0 Å². The van der Waals surface area contributed by atoms with Crippen molar-refractivity contribution in [3.05, 3.63) is 22.0 Å². The minimum atomic E-state index is -0.444. The Morgan fingerprint density at radius 2 is 2.54 bits per heavy atom. The van der Waals surface area contributed by atoms with Gasteiger partial charge in [-0.25, -0.2) is 0 Å². The molecule has 3 N–H and O–H groups in total. The molecule has 1 atom stereocenters. The molecule has 0 aliphatic heterocycles. The van der Waals surface area contributed by atoms with Gasteiger partial charge in [0.05, 0.1) is 4.92 Å². The predicted octanol–water partition coefficient (Wildman–Crippen LogP) is 0.598. The number of rotatable bonds is 4. The van der Waals surface area contributed by atoms with Crippen molar-refractivity contribution in [2.75, 3.05) is 0 Å². The van der Waals surface area contributed by atoms with E-state index in [4.69, 9.17) is 5.73 Å². The normalized spacial score (nSPS) is 12.8. The first-order valence-corrected chi connectivity index (χ1v) is 4.03. The van der Waals surface area contributed by atoms with E-state index in [0.717, 1.165) is 0 Å². The molecule has 0 spiro atoms. The van der Waals surface area contributed by atoms with E-state index in [9.17, 15) is 10.1 Å². The van der Waals surface area contributed by atoms with E-state index >= 15 is 0 Å². The van der Waals surface area contributed by atoms with Gasteiger partial charge < -0.3 is 5.73 Å². The van der Waals surface area contributed by atoms with Crippen molar-refractivity contribution in [2.45, 2.75) is 25.8 Å². The summed E-state index contributed by atoms with van der Waals surface area (Å²) < 4.78 is 0. The van der Waals surface area contributed by atoms with E-state index in [1.54, 1.807) is 0 Å². The highest BCUT2D eigenvalue weighted by Crippen LogP contribution is 2.16. The smallest absolute Gasteiger partial charge is 0.309 e. The quantitative estimate of drug-likeness (QED) is 0.528. The van der Waals surface area contributed by atoms with E-state index in [2.05, 4.69) is 10.2 Å². The molecule has 1 rings (SSSR count). The number of aromatic amines is 1. The molecule has 1 aromatic heterocycles. The summed E-state index contributed by atoms with van der Waals surface area (Å²) in [5.41, 5.74) is 6.12. The molecular formula is C7H12N4O2. The Morgan fingerprint density at radius 1 is 1.85 bits per heavy atom. The summed E-state index contributed by atoms with van der Waals surface area (Å²) >= 11 is 0. The molecule has 0 saturated heterocycles. The van der Waals surface area contributed by atoms with Crippen molar-refractivity contribution in [1.29, 1.82) is 0 Å². The van der Waals surface area contributed by atoms with Crippen LogP contribution >= 0.6 is 0 Å². The van der Waals surface area contributed by atoms with Gasteiger partial charge in [-0.15, -0.1) is 0 Å². The van der Waals surface area contributed by atoms with E-state index in [1.807, 2.05) is 6.92 Å². The lowest BCUT2D eigenvalue weighted by Crippen LogP contribution is -2.15. The fraction of sp³-hybridized carbons (Fsp3) is 0.571. The molecule has 0 radical (unpaired) electrons. The summed E-state index contributed by atoms with van der Waals surface area (Å²) in [6, 6.07) is 0.0444. The van der Waals surface area contributed by atoms with Crippen LogP contribution in [0.2, 0.25) is 0 Å². The molecule has 72 valence electrons. The number of nitro groups is 1. The predicted molar refractivity (Wildman–Crippen MR) is 47.2 cm³/mol. The first-order chi connectivity index (χ1) is 6.11. The van der Waals surface area contributed by atoms with Crippen LogP contribution < -0.4 is 5.73 Å². The van der Waals surface area contributed by atoms with Gasteiger partial charge in [0.2, 0.25) is 0 Å². The van der Waals surface area contributed by atoms with Crippen LogP contribution in [0.15, 0.2) is 6.20 Å². The van der Waals surface area contributed by atoms with Gasteiger partial charge in [-0.1, -0.05) is 0 Å². The SMILES string of the molecule is C[C@@H](N)CCc1[nH]ncc1[N+](=O)[O-]. The molecule has 0 unspecified atom stereocenters. The van der Waals surface area contributed by atoms with Gasteiger partial charge in [-0.3, -0.25) is 15.2 Å². The number of H-pyrrole nitrogens is 1. The highest BCUT2D eigenvalue weighted by molar-refractivity contribution is 5.31. The lowest BCUT2D eigenvalue weighted by atomic mass is 10.1. The molecule has 1 heterocycles. The number of aromatic nitrogens is 2. The molecule has 0 amide bonds. The highest BCUT2D eigenvalue weighted by atomic mass is 16.6. The Morgan fingerprint density at radius 3 is 3.08 bits per heavy atom. The standard InChI is InChI=1S/C7H12N4O2/c1-5(8)2-3-6-7(11(12)13)4-9-10-6/h4-5H,2-3,8H2,1H3,(H,9,10)/t5-/m1/s1. The summed E-state index contributed by atoms with van der Waals surface area (Å²) in [6.45, 7) is 1.86. The second kappa shape index (κ2) is 3.99. The lowest BCUT2D eigenvalue weighted by Gasteiger charge is -2.01. The third-order valence-electron chi connectivity index (χ3n) is 1.74. The van der Waals surface area contributed by atoms with Crippen LogP contribution in [0, 0.1) is 10.1 Å². The molecule has 6 nitrogen and oxygen atoms in total. The third kappa shape index (κ3) is 2.51. The first kappa shape index (κ1) is 9.66. The van der Waals surface area contributed by atoms with Gasteiger partial charge in [-0.05, 0) is 19.8 Å². The van der Waals surface area contributed by atoms with Gasteiger partial charge in [0.15, 0.2) is 0 Å². The second-order valence-electron chi connectivity index (χ2n) is 3.01. The number of nitrogens with zero attached hydrogens (tertiary/aromatic N) is 2. The maximum atomic E-state index is 10.4. The van der Waals surface area contributed by atoms with E-state index in [-0.39, 0.29) is 11.7 Å². The van der Waals surface area contributed by atoms with Crippen molar-refractivity contribution in [2.24, 2.45) is 5.73 Å². The summed E-state index contributed by atoms with van der Waals surface area (Å²) in [6.07, 6.45) is 2.49. The molecule has 0 saturated carbocycles. The molecule has 0 fully saturated rings.